The first-order chi connectivity index (χ1) is 24.9. The molecule has 0 atom stereocenters. The van der Waals surface area contributed by atoms with Gasteiger partial charge in [0.15, 0.2) is 0 Å². The highest BCUT2D eigenvalue weighted by Gasteiger charge is 2.20. The number of anilines is 1. The van der Waals surface area contributed by atoms with Crippen molar-refractivity contribution < 1.29 is 50.6 Å². The Bertz CT molecular complexity index is 1580. The maximum absolute atomic E-state index is 12.3. The van der Waals surface area contributed by atoms with Crippen molar-refractivity contribution in [3.05, 3.63) is 83.6 Å². The molecule has 2 aromatic carbocycles. The Morgan fingerprint density at radius 2 is 1.15 bits per heavy atom. The quantitative estimate of drug-likeness (QED) is 0.0809. The summed E-state index contributed by atoms with van der Waals surface area (Å²) in [5.41, 5.74) is 3.07. The summed E-state index contributed by atoms with van der Waals surface area (Å²) in [7, 11) is -2.10. The standard InChI is InChI=1S/C38H52N2O11S/c1-31-6-15-35(16-7-31)52(42,43)50-29-27-48-25-23-46-21-19-44-18-20-45-22-24-47-26-28-49-36-17-12-33(30-39-36)9-8-32-10-13-34(14-11-32)40(5)37(41)51-38(2,3)4/h6-17,30H,18-29H2,1-5H3/b9-8+. The molecule has 0 saturated heterocycles. The maximum atomic E-state index is 12.3. The van der Waals surface area contributed by atoms with Crippen molar-refractivity contribution in [2.45, 2.75) is 38.2 Å². The number of benzene rings is 2. The van der Waals surface area contributed by atoms with E-state index < -0.39 is 21.8 Å². The molecule has 0 aliphatic heterocycles. The van der Waals surface area contributed by atoms with E-state index in [1.807, 2.05) is 76.2 Å². The molecular weight excluding hydrogens is 692 g/mol. The van der Waals surface area contributed by atoms with Gasteiger partial charge in [0.05, 0.1) is 77.6 Å². The third-order valence-electron chi connectivity index (χ3n) is 6.92. The van der Waals surface area contributed by atoms with Crippen LogP contribution in [0, 0.1) is 6.92 Å². The molecule has 0 unspecified atom stereocenters. The first kappa shape index (κ1) is 42.5. The summed E-state index contributed by atoms with van der Waals surface area (Å²) in [6, 6.07) is 17.8. The molecule has 0 saturated carbocycles. The van der Waals surface area contributed by atoms with Crippen molar-refractivity contribution in [2.75, 3.05) is 91.2 Å². The molecule has 3 aromatic rings. The van der Waals surface area contributed by atoms with Gasteiger partial charge in [-0.25, -0.2) is 9.78 Å². The normalized spacial score (nSPS) is 11.9. The van der Waals surface area contributed by atoms with Gasteiger partial charge in [-0.15, -0.1) is 0 Å². The Kier molecular flexibility index (Phi) is 18.7. The molecule has 1 amide bonds. The third-order valence-corrected chi connectivity index (χ3v) is 8.24. The molecule has 0 radical (unpaired) electrons. The molecule has 0 N–H and O–H groups in total. The molecule has 0 fully saturated rings. The summed E-state index contributed by atoms with van der Waals surface area (Å²) in [6.07, 6.45) is 5.26. The lowest BCUT2D eigenvalue weighted by atomic mass is 10.1. The van der Waals surface area contributed by atoms with E-state index in [4.69, 9.17) is 37.3 Å². The molecule has 1 aromatic heterocycles. The number of carbonyl (C=O) groups is 1. The van der Waals surface area contributed by atoms with Gasteiger partial charge in [0.25, 0.3) is 10.1 Å². The van der Waals surface area contributed by atoms with Gasteiger partial charge in [0.2, 0.25) is 5.88 Å². The molecule has 286 valence electrons. The summed E-state index contributed by atoms with van der Waals surface area (Å²) < 4.78 is 67.6. The van der Waals surface area contributed by atoms with Crippen molar-refractivity contribution in [1.82, 2.24) is 4.98 Å². The minimum absolute atomic E-state index is 0.0670. The van der Waals surface area contributed by atoms with E-state index in [-0.39, 0.29) is 18.1 Å². The molecule has 0 bridgehead atoms. The number of hydrogen-bond acceptors (Lipinski definition) is 12. The first-order valence-electron chi connectivity index (χ1n) is 17.1. The van der Waals surface area contributed by atoms with Crippen LogP contribution in [-0.2, 0) is 42.7 Å². The van der Waals surface area contributed by atoms with E-state index in [1.54, 1.807) is 25.4 Å². The highest BCUT2D eigenvalue weighted by Crippen LogP contribution is 2.19. The summed E-state index contributed by atoms with van der Waals surface area (Å²) >= 11 is 0. The number of ether oxygens (including phenoxy) is 7. The minimum Gasteiger partial charge on any atom is -0.475 e. The lowest BCUT2D eigenvalue weighted by molar-refractivity contribution is -0.0141. The van der Waals surface area contributed by atoms with Gasteiger partial charge in [0.1, 0.15) is 12.2 Å². The monoisotopic (exact) mass is 744 g/mol. The lowest BCUT2D eigenvalue weighted by Crippen LogP contribution is -2.34. The maximum Gasteiger partial charge on any atom is 0.414 e. The number of amides is 1. The fourth-order valence-corrected chi connectivity index (χ4v) is 5.07. The average molecular weight is 745 g/mol. The third kappa shape index (κ3) is 17.6. The van der Waals surface area contributed by atoms with Gasteiger partial charge in [-0.2, -0.15) is 8.42 Å². The van der Waals surface area contributed by atoms with Gasteiger partial charge in [-0.1, -0.05) is 42.0 Å². The lowest BCUT2D eigenvalue weighted by Gasteiger charge is -2.24. The fraction of sp³-hybridized carbons (Fsp3) is 0.474. The van der Waals surface area contributed by atoms with Crippen LogP contribution in [-0.4, -0.2) is 111 Å². The van der Waals surface area contributed by atoms with Crippen LogP contribution in [0.5, 0.6) is 5.88 Å². The van der Waals surface area contributed by atoms with Gasteiger partial charge >= 0.3 is 6.09 Å². The van der Waals surface area contributed by atoms with E-state index in [0.29, 0.717) is 71.9 Å². The fourth-order valence-electron chi connectivity index (χ4n) is 4.18. The van der Waals surface area contributed by atoms with Crippen molar-refractivity contribution in [3.8, 4) is 5.88 Å². The highest BCUT2D eigenvalue weighted by atomic mass is 32.2. The number of aryl methyl sites for hydroxylation is 1. The highest BCUT2D eigenvalue weighted by molar-refractivity contribution is 7.86. The van der Waals surface area contributed by atoms with Crippen LogP contribution in [0.1, 0.15) is 37.5 Å². The second-order valence-electron chi connectivity index (χ2n) is 12.4. The van der Waals surface area contributed by atoms with Gasteiger partial charge in [-0.05, 0) is 69.2 Å². The molecule has 13 nitrogen and oxygen atoms in total. The van der Waals surface area contributed by atoms with Crippen molar-refractivity contribution in [3.63, 3.8) is 0 Å². The van der Waals surface area contributed by atoms with Crippen molar-refractivity contribution >= 4 is 34.1 Å². The number of rotatable bonds is 24. The van der Waals surface area contributed by atoms with Crippen LogP contribution in [0.25, 0.3) is 12.2 Å². The Hall–Kier alpha value is -3.89. The van der Waals surface area contributed by atoms with E-state index >= 15 is 0 Å². The molecule has 0 aliphatic carbocycles. The average Bonchev–Trinajstić information content (AvgIpc) is 3.11. The molecule has 1 heterocycles. The Morgan fingerprint density at radius 3 is 1.65 bits per heavy atom. The molecule has 52 heavy (non-hydrogen) atoms. The predicted octanol–water partition coefficient (Wildman–Crippen LogP) is 5.80. The van der Waals surface area contributed by atoms with Crippen LogP contribution in [0.2, 0.25) is 0 Å². The molecule has 0 spiro atoms. The number of aromatic nitrogens is 1. The van der Waals surface area contributed by atoms with E-state index in [9.17, 15) is 13.2 Å². The molecular formula is C38H52N2O11S. The molecule has 14 heteroatoms. The zero-order valence-corrected chi connectivity index (χ0v) is 31.6. The summed E-state index contributed by atoms with van der Waals surface area (Å²) in [5, 5.41) is 0. The summed E-state index contributed by atoms with van der Waals surface area (Å²) in [4.78, 5) is 18.2. The van der Waals surface area contributed by atoms with Crippen LogP contribution >= 0.6 is 0 Å². The van der Waals surface area contributed by atoms with Crippen LogP contribution in [0.3, 0.4) is 0 Å². The smallest absolute Gasteiger partial charge is 0.414 e. The second-order valence-corrected chi connectivity index (χ2v) is 14.0. The van der Waals surface area contributed by atoms with E-state index in [0.717, 1.165) is 22.4 Å². The summed E-state index contributed by atoms with van der Waals surface area (Å²) in [6.45, 7) is 11.5. The largest absolute Gasteiger partial charge is 0.475 e. The number of hydrogen-bond donors (Lipinski definition) is 0. The van der Waals surface area contributed by atoms with Gasteiger partial charge < -0.3 is 33.2 Å². The number of nitrogens with zero attached hydrogens (tertiary/aromatic N) is 2. The summed E-state index contributed by atoms with van der Waals surface area (Å²) in [5.74, 6) is 0.511. The Labute approximate surface area is 307 Å². The molecule has 3 rings (SSSR count). The number of pyridine rings is 1. The van der Waals surface area contributed by atoms with Gasteiger partial charge in [0, 0.05) is 25.0 Å². The van der Waals surface area contributed by atoms with Crippen LogP contribution < -0.4 is 9.64 Å². The van der Waals surface area contributed by atoms with Crippen LogP contribution in [0.15, 0.2) is 71.8 Å². The van der Waals surface area contributed by atoms with Crippen molar-refractivity contribution in [1.29, 1.82) is 0 Å². The SMILES string of the molecule is Cc1ccc(S(=O)(=O)OCCOCCOCCOCCOCCOCCOc2ccc(/C=C/c3ccc(N(C)C(=O)OC(C)(C)C)cc3)cn2)cc1. The zero-order chi connectivity index (χ0) is 37.7. The second kappa shape index (κ2) is 22.9. The number of carbonyl (C=O) groups excluding carboxylic acids is 1. The predicted molar refractivity (Wildman–Crippen MR) is 198 cm³/mol. The topological polar surface area (TPSA) is 141 Å². The Morgan fingerprint density at radius 1 is 0.673 bits per heavy atom. The Balaban J connectivity index is 1.11. The first-order valence-corrected chi connectivity index (χ1v) is 18.5. The zero-order valence-electron chi connectivity index (χ0n) is 30.8. The minimum atomic E-state index is -3.78. The van der Waals surface area contributed by atoms with Crippen molar-refractivity contribution in [2.24, 2.45) is 0 Å². The van der Waals surface area contributed by atoms with E-state index in [2.05, 4.69) is 4.98 Å². The van der Waals surface area contributed by atoms with E-state index in [1.165, 1.54) is 17.0 Å². The van der Waals surface area contributed by atoms with Crippen LogP contribution in [0.4, 0.5) is 10.5 Å². The van der Waals surface area contributed by atoms with Gasteiger partial charge in [-0.3, -0.25) is 9.08 Å². The molecule has 0 aliphatic rings.